The number of hydrogen-bond acceptors (Lipinski definition) is 5. The van der Waals surface area contributed by atoms with Crippen molar-refractivity contribution in [1.82, 2.24) is 14.5 Å². The van der Waals surface area contributed by atoms with Gasteiger partial charge in [-0.3, -0.25) is 4.57 Å². The van der Waals surface area contributed by atoms with Gasteiger partial charge in [0.25, 0.3) is 0 Å². The minimum Gasteiger partial charge on any atom is -0.394 e. The molecule has 1 saturated heterocycles. The van der Waals surface area contributed by atoms with E-state index in [1.165, 1.54) is 4.88 Å². The number of ether oxygens (including phenoxy) is 1. The summed E-state index contributed by atoms with van der Waals surface area (Å²) in [5.41, 5.74) is 2.84. The summed E-state index contributed by atoms with van der Waals surface area (Å²) < 4.78 is 7.80. The summed E-state index contributed by atoms with van der Waals surface area (Å²) in [6.45, 7) is 0.0665. The van der Waals surface area contributed by atoms with Gasteiger partial charge in [-0.15, -0.1) is 11.3 Å². The van der Waals surface area contributed by atoms with Crippen LogP contribution >= 0.6 is 11.3 Å². The summed E-state index contributed by atoms with van der Waals surface area (Å²) >= 11 is 1.70. The first-order valence-electron chi connectivity index (χ1n) is 6.98. The Hall–Kier alpha value is -1.76. The molecular weight excluding hydrogens is 286 g/mol. The topological polar surface area (TPSA) is 60.2 Å². The Labute approximate surface area is 125 Å². The molecule has 0 unspecified atom stereocenters. The van der Waals surface area contributed by atoms with E-state index in [9.17, 15) is 5.11 Å². The summed E-state index contributed by atoms with van der Waals surface area (Å²) in [7, 11) is 0. The van der Waals surface area contributed by atoms with Crippen molar-refractivity contribution in [2.45, 2.75) is 25.2 Å². The van der Waals surface area contributed by atoms with Crippen LogP contribution in [0.5, 0.6) is 0 Å². The number of pyridine rings is 1. The predicted octanol–water partition coefficient (Wildman–Crippen LogP) is 2.83. The minimum absolute atomic E-state index is 0.0665. The van der Waals surface area contributed by atoms with Crippen LogP contribution in [0.15, 0.2) is 36.1 Å². The lowest BCUT2D eigenvalue weighted by atomic mass is 10.2. The van der Waals surface area contributed by atoms with Crippen LogP contribution in [-0.4, -0.2) is 32.4 Å². The predicted molar refractivity (Wildman–Crippen MR) is 81.1 cm³/mol. The van der Waals surface area contributed by atoms with Gasteiger partial charge in [-0.25, -0.2) is 9.97 Å². The van der Waals surface area contributed by atoms with Gasteiger partial charge in [0, 0.05) is 16.6 Å². The number of aliphatic hydroxyl groups excluding tert-OH is 1. The number of hydrogen-bond donors (Lipinski definition) is 1. The molecule has 1 N–H and O–H groups in total. The van der Waals surface area contributed by atoms with Gasteiger partial charge in [0.1, 0.15) is 11.7 Å². The number of thiophene rings is 1. The Bertz CT molecular complexity index is 753. The monoisotopic (exact) mass is 301 g/mol. The maximum atomic E-state index is 9.20. The van der Waals surface area contributed by atoms with Gasteiger partial charge in [0.05, 0.1) is 19.0 Å². The SMILES string of the molecule is OC[C@@H]1CC[C@H](n2cnc3c(-c4cccs4)ccnc32)O1. The van der Waals surface area contributed by atoms with Crippen LogP contribution in [0.1, 0.15) is 19.1 Å². The van der Waals surface area contributed by atoms with E-state index in [4.69, 9.17) is 4.74 Å². The van der Waals surface area contributed by atoms with E-state index in [1.54, 1.807) is 17.7 Å². The standard InChI is InChI=1S/C15H15N3O2S/c19-8-10-3-4-13(20-10)18-9-17-14-11(5-6-16-15(14)18)12-2-1-7-21-12/h1-2,5-7,9-10,13,19H,3-4,8H2/t10-,13+/m0/s1. The van der Waals surface area contributed by atoms with Crippen molar-refractivity contribution < 1.29 is 9.84 Å². The van der Waals surface area contributed by atoms with Crippen LogP contribution in [0.25, 0.3) is 21.6 Å². The van der Waals surface area contributed by atoms with Gasteiger partial charge >= 0.3 is 0 Å². The largest absolute Gasteiger partial charge is 0.394 e. The molecule has 0 aromatic carbocycles. The van der Waals surface area contributed by atoms with Gasteiger partial charge in [-0.05, 0) is 30.4 Å². The molecule has 0 radical (unpaired) electrons. The smallest absolute Gasteiger partial charge is 0.162 e. The van der Waals surface area contributed by atoms with Crippen LogP contribution in [-0.2, 0) is 4.74 Å². The molecule has 0 aliphatic carbocycles. The molecule has 1 aliphatic heterocycles. The van der Waals surface area contributed by atoms with Crippen molar-refractivity contribution >= 4 is 22.5 Å². The highest BCUT2D eigenvalue weighted by Gasteiger charge is 2.27. The van der Waals surface area contributed by atoms with Gasteiger partial charge in [0.2, 0.25) is 0 Å². The van der Waals surface area contributed by atoms with Crippen LogP contribution in [0.2, 0.25) is 0 Å². The van der Waals surface area contributed by atoms with Crippen molar-refractivity contribution in [3.05, 3.63) is 36.1 Å². The number of nitrogens with zero attached hydrogens (tertiary/aromatic N) is 3. The summed E-state index contributed by atoms with van der Waals surface area (Å²) in [6, 6.07) is 6.12. The molecule has 1 fully saturated rings. The lowest BCUT2D eigenvalue weighted by Crippen LogP contribution is -2.14. The molecule has 1 aliphatic rings. The fourth-order valence-electron chi connectivity index (χ4n) is 2.80. The second-order valence-corrected chi connectivity index (χ2v) is 6.08. The Balaban J connectivity index is 1.78. The highest BCUT2D eigenvalue weighted by Crippen LogP contribution is 2.34. The lowest BCUT2D eigenvalue weighted by molar-refractivity contribution is -0.0207. The fraction of sp³-hybridized carbons (Fsp3) is 0.333. The summed E-state index contributed by atoms with van der Waals surface area (Å²) in [4.78, 5) is 10.2. The number of aromatic nitrogens is 3. The molecular formula is C15H15N3O2S. The van der Waals surface area contributed by atoms with E-state index in [0.29, 0.717) is 0 Å². The third-order valence-electron chi connectivity index (χ3n) is 3.85. The normalized spacial score (nSPS) is 22.1. The van der Waals surface area contributed by atoms with Crippen LogP contribution < -0.4 is 0 Å². The lowest BCUT2D eigenvalue weighted by Gasteiger charge is -2.13. The molecule has 4 heterocycles. The minimum atomic E-state index is -0.0850. The molecule has 21 heavy (non-hydrogen) atoms. The molecule has 3 aromatic rings. The van der Waals surface area contributed by atoms with E-state index >= 15 is 0 Å². The third-order valence-corrected chi connectivity index (χ3v) is 4.75. The Morgan fingerprint density at radius 1 is 1.33 bits per heavy atom. The highest BCUT2D eigenvalue weighted by atomic mass is 32.1. The van der Waals surface area contributed by atoms with E-state index in [0.717, 1.165) is 29.6 Å². The average Bonchev–Trinajstić information content (AvgIpc) is 3.25. The molecule has 4 rings (SSSR count). The van der Waals surface area contributed by atoms with Gasteiger partial charge in [0.15, 0.2) is 5.65 Å². The van der Waals surface area contributed by atoms with Crippen molar-refractivity contribution in [3.8, 4) is 10.4 Å². The number of imidazole rings is 1. The molecule has 0 bridgehead atoms. The van der Waals surface area contributed by atoms with Crippen LogP contribution in [0.4, 0.5) is 0 Å². The Kier molecular flexibility index (Phi) is 3.21. The summed E-state index contributed by atoms with van der Waals surface area (Å²) in [5.74, 6) is 0. The number of aliphatic hydroxyl groups is 1. The van der Waals surface area contributed by atoms with E-state index in [2.05, 4.69) is 21.4 Å². The van der Waals surface area contributed by atoms with Crippen LogP contribution in [0.3, 0.4) is 0 Å². The van der Waals surface area contributed by atoms with Crippen LogP contribution in [0, 0.1) is 0 Å². The first-order chi connectivity index (χ1) is 10.4. The molecule has 3 aromatic heterocycles. The first kappa shape index (κ1) is 12.9. The number of rotatable bonds is 3. The molecule has 108 valence electrons. The zero-order chi connectivity index (χ0) is 14.2. The van der Waals surface area contributed by atoms with Crippen molar-refractivity contribution in [2.24, 2.45) is 0 Å². The summed E-state index contributed by atoms with van der Waals surface area (Å²) in [5, 5.41) is 11.3. The van der Waals surface area contributed by atoms with Crippen molar-refractivity contribution in [2.75, 3.05) is 6.61 Å². The van der Waals surface area contributed by atoms with Crippen molar-refractivity contribution in [3.63, 3.8) is 0 Å². The molecule has 5 nitrogen and oxygen atoms in total. The third kappa shape index (κ3) is 2.16. The Morgan fingerprint density at radius 2 is 2.29 bits per heavy atom. The van der Waals surface area contributed by atoms with E-state index in [1.807, 2.05) is 22.9 Å². The van der Waals surface area contributed by atoms with E-state index in [-0.39, 0.29) is 18.9 Å². The first-order valence-corrected chi connectivity index (χ1v) is 7.86. The fourth-order valence-corrected chi connectivity index (χ4v) is 3.55. The van der Waals surface area contributed by atoms with E-state index < -0.39 is 0 Å². The molecule has 0 amide bonds. The zero-order valence-corrected chi connectivity index (χ0v) is 12.2. The second-order valence-electron chi connectivity index (χ2n) is 5.13. The highest BCUT2D eigenvalue weighted by molar-refractivity contribution is 7.13. The molecule has 6 heteroatoms. The summed E-state index contributed by atoms with van der Waals surface area (Å²) in [6.07, 6.45) is 5.19. The number of fused-ring (bicyclic) bond motifs is 1. The maximum absolute atomic E-state index is 9.20. The second kappa shape index (κ2) is 5.22. The molecule has 0 saturated carbocycles. The van der Waals surface area contributed by atoms with Crippen molar-refractivity contribution in [1.29, 1.82) is 0 Å². The zero-order valence-electron chi connectivity index (χ0n) is 11.3. The van der Waals surface area contributed by atoms with Gasteiger partial charge < -0.3 is 9.84 Å². The van der Waals surface area contributed by atoms with Gasteiger partial charge in [-0.1, -0.05) is 6.07 Å². The van der Waals surface area contributed by atoms with Gasteiger partial charge in [-0.2, -0.15) is 0 Å². The molecule has 0 spiro atoms. The average molecular weight is 301 g/mol. The Morgan fingerprint density at radius 3 is 3.05 bits per heavy atom. The molecule has 2 atom stereocenters. The maximum Gasteiger partial charge on any atom is 0.162 e. The quantitative estimate of drug-likeness (QED) is 0.808.